The summed E-state index contributed by atoms with van der Waals surface area (Å²) in [7, 11) is -3.63. The number of benzene rings is 1. The summed E-state index contributed by atoms with van der Waals surface area (Å²) in [6, 6.07) is 8.26. The first-order valence-electron chi connectivity index (χ1n) is 10.4. The van der Waals surface area contributed by atoms with Crippen LogP contribution in [0.5, 0.6) is 0 Å². The molecule has 1 fully saturated rings. The van der Waals surface area contributed by atoms with Gasteiger partial charge in [-0.15, -0.1) is 0 Å². The number of carbonyl (C=O) groups excluding carboxylic acids is 2. The van der Waals surface area contributed by atoms with Gasteiger partial charge >= 0.3 is 0 Å². The maximum Gasteiger partial charge on any atom is 0.251 e. The zero-order valence-electron chi connectivity index (χ0n) is 17.6. The van der Waals surface area contributed by atoms with Gasteiger partial charge in [-0.05, 0) is 62.1 Å². The van der Waals surface area contributed by atoms with Crippen molar-refractivity contribution >= 4 is 27.5 Å². The lowest BCUT2D eigenvalue weighted by Gasteiger charge is -2.31. The van der Waals surface area contributed by atoms with Crippen LogP contribution in [-0.2, 0) is 21.2 Å². The van der Waals surface area contributed by atoms with Crippen molar-refractivity contribution in [2.24, 2.45) is 0 Å². The van der Waals surface area contributed by atoms with E-state index in [4.69, 9.17) is 0 Å². The van der Waals surface area contributed by atoms with Crippen LogP contribution in [-0.4, -0.2) is 54.7 Å². The average molecular weight is 443 g/mol. The number of aromatic nitrogens is 1. The quantitative estimate of drug-likeness (QED) is 0.780. The number of sulfonamides is 1. The second-order valence-corrected chi connectivity index (χ2v) is 10.1. The van der Waals surface area contributed by atoms with E-state index in [1.165, 1.54) is 11.2 Å². The molecule has 2 amide bonds. The minimum atomic E-state index is -3.63. The van der Waals surface area contributed by atoms with Gasteiger partial charge in [0.05, 0.1) is 4.90 Å². The standard InChI is InChI=1S/C22H26N4O4S/c1-15-13-18-14-20(3-4-21(18)26(15)16(2)27)31(29,30)25-11-7-19(8-12-25)24-22(28)17-5-9-23-10-6-17/h3-6,9-10,14-15,19H,7-8,11-13H2,1-2H3,(H,24,28)/t15-/m0/s1. The molecule has 1 N–H and O–H groups in total. The predicted octanol–water partition coefficient (Wildman–Crippen LogP) is 1.96. The van der Waals surface area contributed by atoms with Crippen LogP contribution in [0, 0.1) is 0 Å². The van der Waals surface area contributed by atoms with Crippen LogP contribution >= 0.6 is 0 Å². The van der Waals surface area contributed by atoms with E-state index in [1.807, 2.05) is 6.92 Å². The maximum absolute atomic E-state index is 13.2. The molecule has 2 aliphatic heterocycles. The van der Waals surface area contributed by atoms with E-state index in [9.17, 15) is 18.0 Å². The summed E-state index contributed by atoms with van der Waals surface area (Å²) < 4.78 is 27.8. The van der Waals surface area contributed by atoms with E-state index in [-0.39, 0.29) is 28.8 Å². The zero-order chi connectivity index (χ0) is 22.2. The van der Waals surface area contributed by atoms with Crippen molar-refractivity contribution < 1.29 is 18.0 Å². The number of nitrogens with one attached hydrogen (secondary N) is 1. The highest BCUT2D eigenvalue weighted by Crippen LogP contribution is 2.34. The Balaban J connectivity index is 1.42. The summed E-state index contributed by atoms with van der Waals surface area (Å²) in [5.41, 5.74) is 2.21. The predicted molar refractivity (Wildman–Crippen MR) is 116 cm³/mol. The molecule has 0 radical (unpaired) electrons. The fourth-order valence-corrected chi connectivity index (χ4v) is 5.93. The minimum Gasteiger partial charge on any atom is -0.349 e. The molecule has 9 heteroatoms. The van der Waals surface area contributed by atoms with Crippen LogP contribution in [0.1, 0.15) is 42.6 Å². The SMILES string of the molecule is CC(=O)N1c2ccc(S(=O)(=O)N3CCC(NC(=O)c4ccncc4)CC3)cc2C[C@@H]1C. The molecule has 0 spiro atoms. The van der Waals surface area contributed by atoms with Crippen LogP contribution in [0.15, 0.2) is 47.6 Å². The Hall–Kier alpha value is -2.78. The third kappa shape index (κ3) is 4.20. The number of pyridine rings is 1. The van der Waals surface area contributed by atoms with Gasteiger partial charge in [-0.25, -0.2) is 8.42 Å². The third-order valence-electron chi connectivity index (χ3n) is 5.98. The number of hydrogen-bond acceptors (Lipinski definition) is 5. The molecule has 1 aromatic heterocycles. The number of nitrogens with zero attached hydrogens (tertiary/aromatic N) is 3. The highest BCUT2D eigenvalue weighted by Gasteiger charge is 2.33. The normalized spacial score (nSPS) is 19.8. The summed E-state index contributed by atoms with van der Waals surface area (Å²) in [5, 5.41) is 2.98. The van der Waals surface area contributed by atoms with Gasteiger partial charge in [0.25, 0.3) is 5.91 Å². The van der Waals surface area contributed by atoms with Gasteiger partial charge < -0.3 is 10.2 Å². The molecule has 31 heavy (non-hydrogen) atoms. The topological polar surface area (TPSA) is 99.7 Å². The monoisotopic (exact) mass is 442 g/mol. The molecule has 0 saturated carbocycles. The van der Waals surface area contributed by atoms with Crippen molar-refractivity contribution in [3.05, 3.63) is 53.9 Å². The number of rotatable bonds is 4. The fourth-order valence-electron chi connectivity index (χ4n) is 4.41. The molecule has 2 aromatic rings. The fraction of sp³-hybridized carbons (Fsp3) is 0.409. The molecule has 1 atom stereocenters. The van der Waals surface area contributed by atoms with E-state index in [0.717, 1.165) is 11.3 Å². The van der Waals surface area contributed by atoms with E-state index in [1.54, 1.807) is 47.6 Å². The lowest BCUT2D eigenvalue weighted by atomic mass is 10.1. The van der Waals surface area contributed by atoms with E-state index in [2.05, 4.69) is 10.3 Å². The Morgan fingerprint density at radius 3 is 2.42 bits per heavy atom. The smallest absolute Gasteiger partial charge is 0.251 e. The Bertz CT molecular complexity index is 1100. The number of hydrogen-bond donors (Lipinski definition) is 1. The molecule has 1 saturated heterocycles. The van der Waals surface area contributed by atoms with Crippen molar-refractivity contribution in [3.8, 4) is 0 Å². The summed E-state index contributed by atoms with van der Waals surface area (Å²) in [6.07, 6.45) is 4.88. The van der Waals surface area contributed by atoms with Crippen LogP contribution < -0.4 is 10.2 Å². The number of anilines is 1. The third-order valence-corrected chi connectivity index (χ3v) is 7.87. The minimum absolute atomic E-state index is 0.0187. The van der Waals surface area contributed by atoms with Crippen molar-refractivity contribution in [2.75, 3.05) is 18.0 Å². The lowest BCUT2D eigenvalue weighted by Crippen LogP contribution is -2.46. The highest BCUT2D eigenvalue weighted by atomic mass is 32.2. The maximum atomic E-state index is 13.2. The summed E-state index contributed by atoms with van der Waals surface area (Å²) in [5.74, 6) is -0.218. The first-order chi connectivity index (χ1) is 14.8. The van der Waals surface area contributed by atoms with Crippen molar-refractivity contribution in [2.45, 2.75) is 50.1 Å². The van der Waals surface area contributed by atoms with Crippen LogP contribution in [0.2, 0.25) is 0 Å². The first kappa shape index (κ1) is 21.5. The van der Waals surface area contributed by atoms with Gasteiger partial charge in [-0.2, -0.15) is 4.31 Å². The molecule has 2 aliphatic rings. The van der Waals surface area contributed by atoms with Gasteiger partial charge in [-0.1, -0.05) is 0 Å². The van der Waals surface area contributed by atoms with E-state index < -0.39 is 10.0 Å². The second-order valence-electron chi connectivity index (χ2n) is 8.12. The van der Waals surface area contributed by atoms with Gasteiger partial charge in [-0.3, -0.25) is 14.6 Å². The summed E-state index contributed by atoms with van der Waals surface area (Å²) in [6.45, 7) is 4.17. The molecular weight excluding hydrogens is 416 g/mol. The van der Waals surface area contributed by atoms with Gasteiger partial charge in [0.2, 0.25) is 15.9 Å². The second kappa shape index (κ2) is 8.39. The van der Waals surface area contributed by atoms with Crippen LogP contribution in [0.4, 0.5) is 5.69 Å². The summed E-state index contributed by atoms with van der Waals surface area (Å²) in [4.78, 5) is 30.1. The molecule has 8 nitrogen and oxygen atoms in total. The Morgan fingerprint density at radius 1 is 1.10 bits per heavy atom. The van der Waals surface area contributed by atoms with Gasteiger partial charge in [0.15, 0.2) is 0 Å². The van der Waals surface area contributed by atoms with Crippen molar-refractivity contribution in [1.82, 2.24) is 14.6 Å². The number of amides is 2. The number of carbonyl (C=O) groups is 2. The molecule has 1 aromatic carbocycles. The number of piperidine rings is 1. The zero-order valence-corrected chi connectivity index (χ0v) is 18.4. The van der Waals surface area contributed by atoms with Crippen LogP contribution in [0.3, 0.4) is 0 Å². The van der Waals surface area contributed by atoms with E-state index in [0.29, 0.717) is 37.9 Å². The highest BCUT2D eigenvalue weighted by molar-refractivity contribution is 7.89. The van der Waals surface area contributed by atoms with E-state index >= 15 is 0 Å². The van der Waals surface area contributed by atoms with Crippen LogP contribution in [0.25, 0.3) is 0 Å². The molecule has 0 aliphatic carbocycles. The van der Waals surface area contributed by atoms with Gasteiger partial charge in [0.1, 0.15) is 0 Å². The lowest BCUT2D eigenvalue weighted by molar-refractivity contribution is -0.116. The summed E-state index contributed by atoms with van der Waals surface area (Å²) >= 11 is 0. The molecule has 3 heterocycles. The molecule has 0 bridgehead atoms. The largest absolute Gasteiger partial charge is 0.349 e. The Labute approximate surface area is 182 Å². The molecular formula is C22H26N4O4S. The Kier molecular flexibility index (Phi) is 5.81. The molecule has 164 valence electrons. The van der Waals surface area contributed by atoms with Gasteiger partial charge in [0, 0.05) is 55.7 Å². The number of fused-ring (bicyclic) bond motifs is 1. The van der Waals surface area contributed by atoms with Crippen molar-refractivity contribution in [3.63, 3.8) is 0 Å². The Morgan fingerprint density at radius 2 is 1.77 bits per heavy atom. The molecule has 4 rings (SSSR count). The molecule has 0 unspecified atom stereocenters. The van der Waals surface area contributed by atoms with Crippen molar-refractivity contribution in [1.29, 1.82) is 0 Å². The average Bonchev–Trinajstić information content (AvgIpc) is 3.09. The first-order valence-corrected chi connectivity index (χ1v) is 11.8.